The fourth-order valence-corrected chi connectivity index (χ4v) is 2.66. The molecule has 6 heteroatoms. The van der Waals surface area contributed by atoms with Crippen LogP contribution >= 0.6 is 11.8 Å². The molecule has 0 saturated carbocycles. The van der Waals surface area contributed by atoms with Crippen LogP contribution in [0.1, 0.15) is 5.56 Å². The van der Waals surface area contributed by atoms with E-state index in [1.54, 1.807) is 26.0 Å². The number of hydrogen-bond donors (Lipinski definition) is 0. The van der Waals surface area contributed by atoms with Gasteiger partial charge in [0.05, 0.1) is 19.1 Å². The zero-order chi connectivity index (χ0) is 15.9. The van der Waals surface area contributed by atoms with Crippen molar-refractivity contribution in [2.45, 2.75) is 9.79 Å². The lowest BCUT2D eigenvalue weighted by Crippen LogP contribution is -1.90. The molecule has 0 N–H and O–H groups in total. The van der Waals surface area contributed by atoms with Crippen molar-refractivity contribution in [3.63, 3.8) is 0 Å². The molecule has 0 aliphatic carbocycles. The minimum absolute atomic E-state index is 0.480. The monoisotopic (exact) mass is 317 g/mol. The summed E-state index contributed by atoms with van der Waals surface area (Å²) in [4.78, 5) is 11.9. The van der Waals surface area contributed by atoms with Gasteiger partial charge >= 0.3 is 0 Å². The molecule has 0 heterocycles. The third-order valence-corrected chi connectivity index (χ3v) is 3.86. The van der Waals surface area contributed by atoms with Crippen molar-refractivity contribution in [3.05, 3.63) is 64.3 Å². The Bertz CT molecular complexity index is 683. The number of rotatable bonds is 6. The van der Waals surface area contributed by atoms with E-state index < -0.39 is 4.92 Å². The Morgan fingerprint density at radius 3 is 2.23 bits per heavy atom. The van der Waals surface area contributed by atoms with Crippen molar-refractivity contribution in [2.75, 3.05) is 14.2 Å². The topological polar surface area (TPSA) is 61.6 Å². The molecule has 2 aromatic carbocycles. The third-order valence-electron chi connectivity index (χ3n) is 2.86. The first-order chi connectivity index (χ1) is 10.6. The molecule has 2 aromatic rings. The highest BCUT2D eigenvalue weighted by Crippen LogP contribution is 2.35. The number of hydrogen-bond acceptors (Lipinski definition) is 5. The maximum Gasteiger partial charge on any atom is 0.235 e. The summed E-state index contributed by atoms with van der Waals surface area (Å²) in [5.41, 5.74) is 0.786. The first-order valence-electron chi connectivity index (χ1n) is 6.44. The van der Waals surface area contributed by atoms with E-state index in [4.69, 9.17) is 9.47 Å². The molecular formula is C16H15NO4S. The number of methoxy groups -OCH3 is 2. The van der Waals surface area contributed by atoms with E-state index in [2.05, 4.69) is 0 Å². The fraction of sp³-hybridized carbons (Fsp3) is 0.125. The van der Waals surface area contributed by atoms with Crippen LogP contribution in [0.15, 0.2) is 58.5 Å². The Hall–Kier alpha value is -2.47. The molecule has 0 atom stereocenters. The zero-order valence-corrected chi connectivity index (χ0v) is 13.0. The highest BCUT2D eigenvalue weighted by Gasteiger charge is 2.05. The fourth-order valence-electron chi connectivity index (χ4n) is 1.81. The van der Waals surface area contributed by atoms with Crippen LogP contribution < -0.4 is 9.47 Å². The predicted molar refractivity (Wildman–Crippen MR) is 86.1 cm³/mol. The quantitative estimate of drug-likeness (QED) is 0.593. The maximum absolute atomic E-state index is 10.3. The molecule has 114 valence electrons. The number of ether oxygens (including phenoxy) is 2. The van der Waals surface area contributed by atoms with Gasteiger partial charge in [0.15, 0.2) is 11.5 Å². The predicted octanol–water partition coefficient (Wildman–Crippen LogP) is 4.10. The van der Waals surface area contributed by atoms with E-state index >= 15 is 0 Å². The van der Waals surface area contributed by atoms with E-state index in [0.717, 1.165) is 21.6 Å². The van der Waals surface area contributed by atoms with Gasteiger partial charge in [-0.05, 0) is 35.9 Å². The van der Waals surface area contributed by atoms with Gasteiger partial charge in [-0.3, -0.25) is 10.1 Å². The zero-order valence-electron chi connectivity index (χ0n) is 12.2. The second-order valence-corrected chi connectivity index (χ2v) is 5.44. The second kappa shape index (κ2) is 7.51. The van der Waals surface area contributed by atoms with Gasteiger partial charge in [-0.1, -0.05) is 23.9 Å². The third kappa shape index (κ3) is 4.26. The maximum atomic E-state index is 10.3. The van der Waals surface area contributed by atoms with Crippen molar-refractivity contribution < 1.29 is 14.4 Å². The molecule has 0 bridgehead atoms. The van der Waals surface area contributed by atoms with Crippen LogP contribution in [0.5, 0.6) is 11.5 Å². The highest BCUT2D eigenvalue weighted by atomic mass is 32.2. The van der Waals surface area contributed by atoms with Gasteiger partial charge in [0, 0.05) is 15.9 Å². The molecule has 0 fully saturated rings. The average molecular weight is 317 g/mol. The molecule has 0 saturated heterocycles. The molecule has 2 rings (SSSR count). The lowest BCUT2D eigenvalue weighted by Gasteiger charge is -2.09. The first-order valence-corrected chi connectivity index (χ1v) is 7.25. The van der Waals surface area contributed by atoms with E-state index in [-0.39, 0.29) is 0 Å². The summed E-state index contributed by atoms with van der Waals surface area (Å²) in [7, 11) is 3.20. The standard InChI is InChI=1S/C16H15NO4S/c1-20-15-8-7-14(11-16(15)21-2)22-13-5-3-12(4-6-13)9-10-17(18)19/h3-11H,1-2H3. The SMILES string of the molecule is COc1ccc(Sc2ccc(C=C[N+](=O)[O-])cc2)cc1OC. The van der Waals surface area contributed by atoms with Crippen molar-refractivity contribution >= 4 is 17.8 Å². The lowest BCUT2D eigenvalue weighted by atomic mass is 10.2. The Balaban J connectivity index is 2.12. The summed E-state index contributed by atoms with van der Waals surface area (Å²) >= 11 is 1.58. The molecule has 0 spiro atoms. The van der Waals surface area contributed by atoms with Gasteiger partial charge in [-0.25, -0.2) is 0 Å². The van der Waals surface area contributed by atoms with Gasteiger partial charge in [-0.2, -0.15) is 0 Å². The summed E-state index contributed by atoms with van der Waals surface area (Å²) in [6, 6.07) is 13.2. The summed E-state index contributed by atoms with van der Waals surface area (Å²) < 4.78 is 10.5. The molecule has 0 aromatic heterocycles. The summed E-state index contributed by atoms with van der Waals surface area (Å²) in [6.07, 6.45) is 2.39. The molecule has 0 amide bonds. The van der Waals surface area contributed by atoms with Crippen molar-refractivity contribution in [2.24, 2.45) is 0 Å². The Morgan fingerprint density at radius 1 is 1.00 bits per heavy atom. The smallest absolute Gasteiger partial charge is 0.235 e. The highest BCUT2D eigenvalue weighted by molar-refractivity contribution is 7.99. The number of benzene rings is 2. The molecule has 0 radical (unpaired) electrons. The first kappa shape index (κ1) is 15.9. The Kier molecular flexibility index (Phi) is 5.43. The van der Waals surface area contributed by atoms with Crippen LogP contribution in [0.3, 0.4) is 0 Å². The lowest BCUT2D eigenvalue weighted by molar-refractivity contribution is -0.400. The largest absolute Gasteiger partial charge is 0.493 e. The van der Waals surface area contributed by atoms with Crippen LogP contribution in [0.2, 0.25) is 0 Å². The summed E-state index contributed by atoms with van der Waals surface area (Å²) in [5, 5.41) is 10.3. The Labute approximate surface area is 132 Å². The van der Waals surface area contributed by atoms with Crippen LogP contribution in [0.4, 0.5) is 0 Å². The molecule has 0 aliphatic rings. The van der Waals surface area contributed by atoms with Gasteiger partial charge in [0.25, 0.3) is 0 Å². The molecule has 5 nitrogen and oxygen atoms in total. The van der Waals surface area contributed by atoms with Crippen LogP contribution in [0.25, 0.3) is 6.08 Å². The number of nitrogens with zero attached hydrogens (tertiary/aromatic N) is 1. The summed E-state index contributed by atoms with van der Waals surface area (Å²) in [6.45, 7) is 0. The van der Waals surface area contributed by atoms with Gasteiger partial charge in [0.1, 0.15) is 0 Å². The van der Waals surface area contributed by atoms with Gasteiger partial charge in [-0.15, -0.1) is 0 Å². The second-order valence-electron chi connectivity index (χ2n) is 4.29. The van der Waals surface area contributed by atoms with Crippen LogP contribution in [0, 0.1) is 10.1 Å². The van der Waals surface area contributed by atoms with E-state index in [1.165, 1.54) is 6.08 Å². The average Bonchev–Trinajstić information content (AvgIpc) is 2.54. The van der Waals surface area contributed by atoms with E-state index in [9.17, 15) is 10.1 Å². The van der Waals surface area contributed by atoms with E-state index in [0.29, 0.717) is 11.5 Å². The van der Waals surface area contributed by atoms with Crippen LogP contribution in [-0.2, 0) is 0 Å². The summed E-state index contributed by atoms with van der Waals surface area (Å²) in [5.74, 6) is 1.37. The minimum Gasteiger partial charge on any atom is -0.493 e. The molecule has 22 heavy (non-hydrogen) atoms. The van der Waals surface area contributed by atoms with Crippen molar-refractivity contribution in [1.29, 1.82) is 0 Å². The van der Waals surface area contributed by atoms with E-state index in [1.807, 2.05) is 42.5 Å². The van der Waals surface area contributed by atoms with Crippen molar-refractivity contribution in [3.8, 4) is 11.5 Å². The van der Waals surface area contributed by atoms with Crippen LogP contribution in [-0.4, -0.2) is 19.1 Å². The minimum atomic E-state index is -0.480. The normalized spacial score (nSPS) is 10.6. The number of nitro groups is 1. The van der Waals surface area contributed by atoms with Gasteiger partial charge < -0.3 is 9.47 Å². The molecule has 0 unspecified atom stereocenters. The van der Waals surface area contributed by atoms with Crippen molar-refractivity contribution in [1.82, 2.24) is 0 Å². The Morgan fingerprint density at radius 2 is 1.64 bits per heavy atom. The molecule has 0 aliphatic heterocycles. The van der Waals surface area contributed by atoms with Gasteiger partial charge in [0.2, 0.25) is 6.20 Å². The molecular weight excluding hydrogens is 302 g/mol.